The van der Waals surface area contributed by atoms with Crippen molar-refractivity contribution in [3.63, 3.8) is 0 Å². The van der Waals surface area contributed by atoms with Crippen LogP contribution in [0.3, 0.4) is 0 Å². The van der Waals surface area contributed by atoms with E-state index in [2.05, 4.69) is 55.5 Å². The average Bonchev–Trinajstić information content (AvgIpc) is 2.66. The Balaban J connectivity index is 2.53. The molecular formula is C15H18N2S. The van der Waals surface area contributed by atoms with Crippen LogP contribution in [0.2, 0.25) is 0 Å². The van der Waals surface area contributed by atoms with Gasteiger partial charge in [0.05, 0.1) is 5.69 Å². The van der Waals surface area contributed by atoms with E-state index >= 15 is 0 Å². The molecule has 0 aliphatic carbocycles. The van der Waals surface area contributed by atoms with E-state index in [1.54, 1.807) is 11.3 Å². The summed E-state index contributed by atoms with van der Waals surface area (Å²) in [5, 5.41) is 2.13. The second-order valence-corrected chi connectivity index (χ2v) is 5.30. The third-order valence-corrected chi connectivity index (χ3v) is 3.85. The molecule has 0 radical (unpaired) electrons. The van der Waals surface area contributed by atoms with Crippen LogP contribution in [0.5, 0.6) is 0 Å². The van der Waals surface area contributed by atoms with Gasteiger partial charge in [-0.1, -0.05) is 23.8 Å². The molecule has 2 nitrogen and oxygen atoms in total. The number of aromatic nitrogens is 1. The van der Waals surface area contributed by atoms with Gasteiger partial charge >= 0.3 is 0 Å². The molecule has 94 valence electrons. The summed E-state index contributed by atoms with van der Waals surface area (Å²) in [5.41, 5.74) is 4.75. The van der Waals surface area contributed by atoms with Crippen molar-refractivity contribution in [3.05, 3.63) is 57.9 Å². The van der Waals surface area contributed by atoms with Crippen molar-refractivity contribution in [2.75, 3.05) is 0 Å². The van der Waals surface area contributed by atoms with Crippen molar-refractivity contribution in [1.82, 2.24) is 4.57 Å². The number of benzene rings is 1. The maximum Gasteiger partial charge on any atom is 0.190 e. The van der Waals surface area contributed by atoms with Gasteiger partial charge in [0.25, 0.3) is 0 Å². The van der Waals surface area contributed by atoms with Gasteiger partial charge in [-0.05, 0) is 32.4 Å². The van der Waals surface area contributed by atoms with Gasteiger partial charge in [0, 0.05) is 17.6 Å². The first-order valence-electron chi connectivity index (χ1n) is 5.99. The Bertz CT molecular complexity index is 632. The molecule has 0 atom stereocenters. The maximum atomic E-state index is 4.75. The van der Waals surface area contributed by atoms with Crippen LogP contribution in [0.25, 0.3) is 0 Å². The van der Waals surface area contributed by atoms with Crippen molar-refractivity contribution < 1.29 is 0 Å². The highest BCUT2D eigenvalue weighted by molar-refractivity contribution is 7.07. The predicted octanol–water partition coefficient (Wildman–Crippen LogP) is 3.89. The molecule has 2 rings (SSSR count). The standard InChI is InChI=1S/C15H18N2S/c1-5-8-17-13(4)10-18-15(17)16-14-7-6-11(2)9-12(14)3/h5-7,9-10H,1,8H2,2-4H3. The second-order valence-electron chi connectivity index (χ2n) is 4.46. The van der Waals surface area contributed by atoms with Gasteiger partial charge in [-0.2, -0.15) is 0 Å². The van der Waals surface area contributed by atoms with Crippen LogP contribution in [-0.4, -0.2) is 4.57 Å². The lowest BCUT2D eigenvalue weighted by atomic mass is 10.1. The molecule has 0 bridgehead atoms. The molecule has 3 heteroatoms. The van der Waals surface area contributed by atoms with Crippen molar-refractivity contribution in [1.29, 1.82) is 0 Å². The zero-order chi connectivity index (χ0) is 13.1. The normalized spacial score (nSPS) is 11.8. The van der Waals surface area contributed by atoms with Crippen LogP contribution < -0.4 is 4.80 Å². The maximum absolute atomic E-state index is 4.75. The number of nitrogens with zero attached hydrogens (tertiary/aromatic N) is 2. The third kappa shape index (κ3) is 2.62. The van der Waals surface area contributed by atoms with Gasteiger partial charge in [0.15, 0.2) is 4.80 Å². The molecule has 2 aromatic rings. The minimum absolute atomic E-state index is 0.805. The summed E-state index contributed by atoms with van der Waals surface area (Å²) in [7, 11) is 0. The smallest absolute Gasteiger partial charge is 0.190 e. The van der Waals surface area contributed by atoms with Crippen LogP contribution in [0.1, 0.15) is 16.8 Å². The molecule has 0 spiro atoms. The largest absolute Gasteiger partial charge is 0.317 e. The fourth-order valence-electron chi connectivity index (χ4n) is 1.89. The van der Waals surface area contributed by atoms with Crippen molar-refractivity contribution in [2.24, 2.45) is 4.99 Å². The summed E-state index contributed by atoms with van der Waals surface area (Å²) < 4.78 is 2.18. The summed E-state index contributed by atoms with van der Waals surface area (Å²) in [6.07, 6.45) is 1.90. The van der Waals surface area contributed by atoms with Crippen LogP contribution in [0, 0.1) is 20.8 Å². The van der Waals surface area contributed by atoms with E-state index in [-0.39, 0.29) is 0 Å². The summed E-state index contributed by atoms with van der Waals surface area (Å²) in [6.45, 7) is 10.9. The number of thiazole rings is 1. The van der Waals surface area contributed by atoms with Gasteiger partial charge in [-0.25, -0.2) is 4.99 Å². The first-order valence-corrected chi connectivity index (χ1v) is 6.87. The Morgan fingerprint density at radius 3 is 2.78 bits per heavy atom. The average molecular weight is 258 g/mol. The first-order chi connectivity index (χ1) is 8.61. The first kappa shape index (κ1) is 12.8. The summed E-state index contributed by atoms with van der Waals surface area (Å²) >= 11 is 1.67. The zero-order valence-electron chi connectivity index (χ0n) is 11.1. The highest BCUT2D eigenvalue weighted by atomic mass is 32.1. The number of hydrogen-bond donors (Lipinski definition) is 0. The van der Waals surface area contributed by atoms with E-state index in [0.29, 0.717) is 0 Å². The number of rotatable bonds is 3. The molecule has 1 aromatic heterocycles. The van der Waals surface area contributed by atoms with E-state index < -0.39 is 0 Å². The van der Waals surface area contributed by atoms with Crippen LogP contribution in [-0.2, 0) is 6.54 Å². The van der Waals surface area contributed by atoms with E-state index in [1.807, 2.05) is 6.08 Å². The van der Waals surface area contributed by atoms with Gasteiger partial charge < -0.3 is 4.57 Å². The Morgan fingerprint density at radius 2 is 2.11 bits per heavy atom. The molecule has 0 aliphatic rings. The van der Waals surface area contributed by atoms with E-state index in [9.17, 15) is 0 Å². The Kier molecular flexibility index (Phi) is 3.82. The van der Waals surface area contributed by atoms with Gasteiger partial charge in [-0.15, -0.1) is 17.9 Å². The Hall–Kier alpha value is -1.61. The Labute approximate surface area is 112 Å². The van der Waals surface area contributed by atoms with E-state index in [4.69, 9.17) is 4.99 Å². The van der Waals surface area contributed by atoms with Crippen molar-refractivity contribution in [2.45, 2.75) is 27.3 Å². The summed E-state index contributed by atoms with van der Waals surface area (Å²) in [4.78, 5) is 5.78. The molecule has 0 saturated heterocycles. The molecule has 0 fully saturated rings. The minimum Gasteiger partial charge on any atom is -0.317 e. The molecular weight excluding hydrogens is 240 g/mol. The minimum atomic E-state index is 0.805. The lowest BCUT2D eigenvalue weighted by Gasteiger charge is -2.03. The Morgan fingerprint density at radius 1 is 1.33 bits per heavy atom. The fourth-order valence-corrected chi connectivity index (χ4v) is 2.79. The molecule has 0 unspecified atom stereocenters. The van der Waals surface area contributed by atoms with Gasteiger partial charge in [0.2, 0.25) is 0 Å². The molecule has 0 amide bonds. The topological polar surface area (TPSA) is 17.3 Å². The zero-order valence-corrected chi connectivity index (χ0v) is 11.9. The molecule has 18 heavy (non-hydrogen) atoms. The quantitative estimate of drug-likeness (QED) is 0.743. The third-order valence-electron chi connectivity index (χ3n) is 2.87. The fraction of sp³-hybridized carbons (Fsp3) is 0.267. The summed E-state index contributed by atoms with van der Waals surface area (Å²) in [6, 6.07) is 6.35. The van der Waals surface area contributed by atoms with Crippen molar-refractivity contribution >= 4 is 17.0 Å². The van der Waals surface area contributed by atoms with E-state index in [1.165, 1.54) is 16.8 Å². The second kappa shape index (κ2) is 5.36. The lowest BCUT2D eigenvalue weighted by Crippen LogP contribution is -2.14. The number of allylic oxidation sites excluding steroid dienone is 1. The SMILES string of the molecule is C=CCn1c(C)csc1=Nc1ccc(C)cc1C. The van der Waals surface area contributed by atoms with Crippen LogP contribution in [0.4, 0.5) is 5.69 Å². The van der Waals surface area contributed by atoms with Crippen LogP contribution >= 0.6 is 11.3 Å². The number of aryl methyl sites for hydroxylation is 3. The highest BCUT2D eigenvalue weighted by Crippen LogP contribution is 2.19. The molecule has 0 saturated carbocycles. The van der Waals surface area contributed by atoms with Crippen LogP contribution in [0.15, 0.2) is 41.2 Å². The molecule has 1 aromatic carbocycles. The molecule has 0 N–H and O–H groups in total. The van der Waals surface area contributed by atoms with Gasteiger partial charge in [0.1, 0.15) is 0 Å². The summed E-state index contributed by atoms with van der Waals surface area (Å²) in [5.74, 6) is 0. The number of hydrogen-bond acceptors (Lipinski definition) is 2. The lowest BCUT2D eigenvalue weighted by molar-refractivity contribution is 0.761. The van der Waals surface area contributed by atoms with E-state index in [0.717, 1.165) is 17.0 Å². The highest BCUT2D eigenvalue weighted by Gasteiger charge is 2.01. The molecule has 1 heterocycles. The van der Waals surface area contributed by atoms with Crippen molar-refractivity contribution in [3.8, 4) is 0 Å². The van der Waals surface area contributed by atoms with Gasteiger partial charge in [-0.3, -0.25) is 0 Å². The predicted molar refractivity (Wildman–Crippen MR) is 78.4 cm³/mol. The monoisotopic (exact) mass is 258 g/mol. The molecule has 0 aliphatic heterocycles.